The molecule has 0 amide bonds. The number of alkyl halides is 8. The van der Waals surface area contributed by atoms with Crippen LogP contribution in [-0.4, -0.2) is 47.4 Å². The van der Waals surface area contributed by atoms with Gasteiger partial charge in [-0.15, -0.1) is 0 Å². The second-order valence-electron chi connectivity index (χ2n) is 3.27. The summed E-state index contributed by atoms with van der Waals surface area (Å²) in [4.78, 5) is 0. The molecule has 0 aromatic heterocycles. The molecule has 1 unspecified atom stereocenters. The zero-order valence-electron chi connectivity index (χ0n) is 9.02. The Morgan fingerprint density at radius 3 is 1.58 bits per heavy atom. The van der Waals surface area contributed by atoms with Crippen molar-refractivity contribution in [1.82, 2.24) is 0 Å². The minimum Gasteiger partial charge on any atom is -0.387 e. The van der Waals surface area contributed by atoms with Gasteiger partial charge in [0.2, 0.25) is 0 Å². The lowest BCUT2D eigenvalue weighted by Gasteiger charge is -2.31. The van der Waals surface area contributed by atoms with E-state index in [-0.39, 0.29) is 6.92 Å². The standard InChI is InChI=1S/C7H8F8O4/c1-3(17)5(10,11)19-7(14,15)6(12,13)18-4(8,9)2-16/h3,16-17H,2H2,1H3. The lowest BCUT2D eigenvalue weighted by atomic mass is 10.4. The summed E-state index contributed by atoms with van der Waals surface area (Å²) in [5, 5.41) is 16.2. The van der Waals surface area contributed by atoms with Gasteiger partial charge in [-0.1, -0.05) is 0 Å². The quantitative estimate of drug-likeness (QED) is 0.704. The molecule has 0 radical (unpaired) electrons. The van der Waals surface area contributed by atoms with Crippen molar-refractivity contribution in [3.63, 3.8) is 0 Å². The summed E-state index contributed by atoms with van der Waals surface area (Å²) in [6.45, 7) is -2.16. The van der Waals surface area contributed by atoms with Crippen LogP contribution in [0.3, 0.4) is 0 Å². The van der Waals surface area contributed by atoms with Gasteiger partial charge < -0.3 is 10.2 Å². The smallest absolute Gasteiger partial charge is 0.387 e. The van der Waals surface area contributed by atoms with Crippen molar-refractivity contribution in [2.24, 2.45) is 0 Å². The summed E-state index contributed by atoms with van der Waals surface area (Å²) in [6.07, 6.45) is -25.6. The molecule has 0 saturated carbocycles. The van der Waals surface area contributed by atoms with Crippen LogP contribution in [0.15, 0.2) is 0 Å². The van der Waals surface area contributed by atoms with E-state index in [1.54, 1.807) is 0 Å². The lowest BCUT2D eigenvalue weighted by molar-refractivity contribution is -0.519. The van der Waals surface area contributed by atoms with E-state index in [0.29, 0.717) is 0 Å². The maximum atomic E-state index is 12.6. The summed E-state index contributed by atoms with van der Waals surface area (Å²) in [7, 11) is 0. The van der Waals surface area contributed by atoms with Crippen LogP contribution in [0.2, 0.25) is 0 Å². The van der Waals surface area contributed by atoms with Gasteiger partial charge in [-0.2, -0.15) is 35.1 Å². The molecule has 0 fully saturated rings. The zero-order chi connectivity index (χ0) is 15.7. The van der Waals surface area contributed by atoms with Gasteiger partial charge in [0.25, 0.3) is 0 Å². The summed E-state index contributed by atoms with van der Waals surface area (Å²) >= 11 is 0. The maximum absolute atomic E-state index is 12.6. The average Bonchev–Trinajstić information content (AvgIpc) is 2.13. The van der Waals surface area contributed by atoms with E-state index in [4.69, 9.17) is 10.2 Å². The van der Waals surface area contributed by atoms with E-state index in [2.05, 4.69) is 9.47 Å². The Hall–Kier alpha value is -0.720. The fourth-order valence-electron chi connectivity index (χ4n) is 0.595. The predicted molar refractivity (Wildman–Crippen MR) is 40.7 cm³/mol. The highest BCUT2D eigenvalue weighted by atomic mass is 19.3. The van der Waals surface area contributed by atoms with Crippen molar-refractivity contribution in [2.75, 3.05) is 6.61 Å². The molecule has 0 rings (SSSR count). The Bertz CT molecular complexity index is 305. The zero-order valence-corrected chi connectivity index (χ0v) is 9.02. The first kappa shape index (κ1) is 18.3. The summed E-state index contributed by atoms with van der Waals surface area (Å²) in [5.41, 5.74) is 0. The molecule has 0 aliphatic heterocycles. The minimum absolute atomic E-state index is 0.234. The molecule has 0 spiro atoms. The van der Waals surface area contributed by atoms with Crippen LogP contribution in [-0.2, 0) is 9.47 Å². The second kappa shape index (κ2) is 5.34. The molecule has 19 heavy (non-hydrogen) atoms. The summed E-state index contributed by atoms with van der Waals surface area (Å²) in [6, 6.07) is 0. The third-order valence-electron chi connectivity index (χ3n) is 1.55. The first-order chi connectivity index (χ1) is 8.17. The van der Waals surface area contributed by atoms with Crippen molar-refractivity contribution < 1.29 is 54.8 Å². The number of ether oxygens (including phenoxy) is 2. The lowest BCUT2D eigenvalue weighted by Crippen LogP contribution is -2.54. The Morgan fingerprint density at radius 2 is 1.26 bits per heavy atom. The third-order valence-corrected chi connectivity index (χ3v) is 1.55. The monoisotopic (exact) mass is 308 g/mol. The first-order valence-electron chi connectivity index (χ1n) is 4.37. The van der Waals surface area contributed by atoms with Gasteiger partial charge in [0, 0.05) is 0 Å². The Balaban J connectivity index is 5.08. The molecule has 0 aromatic carbocycles. The summed E-state index contributed by atoms with van der Waals surface area (Å²) < 4.78 is 104. The molecule has 4 nitrogen and oxygen atoms in total. The SMILES string of the molecule is CC(O)C(F)(F)OC(F)(F)C(F)(F)OC(F)(F)CO. The van der Waals surface area contributed by atoms with Gasteiger partial charge in [0.05, 0.1) is 0 Å². The molecule has 0 heterocycles. The van der Waals surface area contributed by atoms with Gasteiger partial charge >= 0.3 is 24.4 Å². The fraction of sp³-hybridized carbons (Fsp3) is 1.00. The van der Waals surface area contributed by atoms with Gasteiger partial charge in [-0.05, 0) is 6.92 Å². The van der Waals surface area contributed by atoms with E-state index in [1.165, 1.54) is 0 Å². The normalized spacial score (nSPS) is 16.6. The molecule has 0 aliphatic carbocycles. The van der Waals surface area contributed by atoms with Crippen molar-refractivity contribution in [1.29, 1.82) is 0 Å². The molecule has 2 N–H and O–H groups in total. The van der Waals surface area contributed by atoms with E-state index in [1.807, 2.05) is 0 Å². The van der Waals surface area contributed by atoms with Crippen LogP contribution in [0, 0.1) is 0 Å². The highest BCUT2D eigenvalue weighted by Crippen LogP contribution is 2.43. The maximum Gasteiger partial charge on any atom is 0.453 e. The molecule has 0 bridgehead atoms. The van der Waals surface area contributed by atoms with Crippen molar-refractivity contribution in [2.45, 2.75) is 37.5 Å². The van der Waals surface area contributed by atoms with Crippen LogP contribution < -0.4 is 0 Å². The Morgan fingerprint density at radius 1 is 0.895 bits per heavy atom. The molecule has 12 heteroatoms. The van der Waals surface area contributed by atoms with E-state index in [9.17, 15) is 35.1 Å². The van der Waals surface area contributed by atoms with Crippen LogP contribution in [0.25, 0.3) is 0 Å². The topological polar surface area (TPSA) is 58.9 Å². The van der Waals surface area contributed by atoms with Crippen LogP contribution in [0.4, 0.5) is 35.1 Å². The van der Waals surface area contributed by atoms with Crippen LogP contribution >= 0.6 is 0 Å². The number of aliphatic hydroxyl groups excluding tert-OH is 2. The van der Waals surface area contributed by atoms with E-state index in [0.717, 1.165) is 0 Å². The van der Waals surface area contributed by atoms with E-state index < -0.39 is 37.1 Å². The molecule has 0 saturated heterocycles. The minimum atomic E-state index is -6.19. The van der Waals surface area contributed by atoms with Gasteiger partial charge in [0.15, 0.2) is 0 Å². The van der Waals surface area contributed by atoms with E-state index >= 15 is 0 Å². The molecular formula is C7H8F8O4. The first-order valence-corrected chi connectivity index (χ1v) is 4.37. The summed E-state index contributed by atoms with van der Waals surface area (Å²) in [5.74, 6) is 0. The van der Waals surface area contributed by atoms with Crippen LogP contribution in [0.1, 0.15) is 6.92 Å². The van der Waals surface area contributed by atoms with Crippen molar-refractivity contribution >= 4 is 0 Å². The molecule has 1 atom stereocenters. The highest BCUT2D eigenvalue weighted by Gasteiger charge is 2.67. The van der Waals surface area contributed by atoms with Gasteiger partial charge in [0.1, 0.15) is 12.7 Å². The Kier molecular flexibility index (Phi) is 5.14. The average molecular weight is 308 g/mol. The highest BCUT2D eigenvalue weighted by molar-refractivity contribution is 4.73. The van der Waals surface area contributed by atoms with Crippen molar-refractivity contribution in [3.05, 3.63) is 0 Å². The fourth-order valence-corrected chi connectivity index (χ4v) is 0.595. The molecular weight excluding hydrogens is 300 g/mol. The second-order valence-corrected chi connectivity index (χ2v) is 3.27. The number of aliphatic hydroxyl groups is 2. The molecule has 116 valence electrons. The van der Waals surface area contributed by atoms with Crippen molar-refractivity contribution in [3.8, 4) is 0 Å². The number of halogens is 8. The third kappa shape index (κ3) is 4.71. The molecule has 0 aromatic rings. The largest absolute Gasteiger partial charge is 0.453 e. The molecule has 0 aliphatic rings. The number of hydrogen-bond donors (Lipinski definition) is 2. The predicted octanol–water partition coefficient (Wildman–Crippen LogP) is 1.76. The Labute approximate surface area is 100 Å². The van der Waals surface area contributed by atoms with Gasteiger partial charge in [-0.3, -0.25) is 0 Å². The number of rotatable bonds is 7. The number of hydrogen-bond acceptors (Lipinski definition) is 4. The van der Waals surface area contributed by atoms with Crippen LogP contribution in [0.5, 0.6) is 0 Å². The van der Waals surface area contributed by atoms with Gasteiger partial charge in [-0.25, -0.2) is 9.47 Å².